The SMILES string of the molecule is CC(Oc1ccc2nc(-c3ccc(OCc4ccccc4)c(F)c3)oc2c1)[C@H](C)NC(=O)OC(C)(C)C. The summed E-state index contributed by atoms with van der Waals surface area (Å²) in [6.45, 7) is 9.37. The number of nitrogens with zero attached hydrogens (tertiary/aromatic N) is 1. The van der Waals surface area contributed by atoms with Gasteiger partial charge < -0.3 is 23.9 Å². The topological polar surface area (TPSA) is 82.8 Å². The minimum absolute atomic E-state index is 0.155. The van der Waals surface area contributed by atoms with Crippen LogP contribution in [0.4, 0.5) is 9.18 Å². The molecule has 1 aromatic heterocycles. The number of fused-ring (bicyclic) bond motifs is 1. The van der Waals surface area contributed by atoms with Crippen molar-refractivity contribution in [3.05, 3.63) is 78.1 Å². The van der Waals surface area contributed by atoms with Crippen molar-refractivity contribution < 1.29 is 27.8 Å². The predicted molar refractivity (Wildman–Crippen MR) is 139 cm³/mol. The van der Waals surface area contributed by atoms with Gasteiger partial charge in [-0.05, 0) is 70.5 Å². The lowest BCUT2D eigenvalue weighted by Crippen LogP contribution is -2.44. The molecular weight excluding hydrogens is 475 g/mol. The molecule has 1 N–H and O–H groups in total. The molecule has 0 spiro atoms. The van der Waals surface area contributed by atoms with E-state index in [0.717, 1.165) is 5.56 Å². The Morgan fingerprint density at radius 1 is 1.05 bits per heavy atom. The molecule has 8 heteroatoms. The molecule has 1 unspecified atom stereocenters. The maximum absolute atomic E-state index is 14.7. The number of halogens is 1. The summed E-state index contributed by atoms with van der Waals surface area (Å²) in [5.41, 5.74) is 1.97. The van der Waals surface area contributed by atoms with E-state index in [4.69, 9.17) is 18.6 Å². The summed E-state index contributed by atoms with van der Waals surface area (Å²) in [6, 6.07) is 19.1. The number of rotatable bonds is 8. The molecule has 2 atom stereocenters. The van der Waals surface area contributed by atoms with Gasteiger partial charge >= 0.3 is 6.09 Å². The Bertz CT molecular complexity index is 1360. The second-order valence-electron chi connectivity index (χ2n) is 9.83. The zero-order valence-corrected chi connectivity index (χ0v) is 21.6. The maximum Gasteiger partial charge on any atom is 0.407 e. The highest BCUT2D eigenvalue weighted by molar-refractivity contribution is 5.77. The number of benzene rings is 3. The molecule has 0 aliphatic carbocycles. The minimum Gasteiger partial charge on any atom is -0.488 e. The first-order chi connectivity index (χ1) is 17.6. The summed E-state index contributed by atoms with van der Waals surface area (Å²) in [5, 5.41) is 2.78. The Balaban J connectivity index is 1.41. The van der Waals surface area contributed by atoms with Crippen molar-refractivity contribution in [3.8, 4) is 23.0 Å². The molecule has 1 heterocycles. The van der Waals surface area contributed by atoms with Crippen LogP contribution in [0.5, 0.6) is 11.5 Å². The molecule has 0 saturated heterocycles. The molecule has 0 bridgehead atoms. The summed E-state index contributed by atoms with van der Waals surface area (Å²) >= 11 is 0. The zero-order chi connectivity index (χ0) is 26.6. The highest BCUT2D eigenvalue weighted by Gasteiger charge is 2.22. The Kier molecular flexibility index (Phi) is 7.66. The zero-order valence-electron chi connectivity index (χ0n) is 21.6. The van der Waals surface area contributed by atoms with Crippen LogP contribution in [0.2, 0.25) is 0 Å². The molecule has 7 nitrogen and oxygen atoms in total. The van der Waals surface area contributed by atoms with Crippen LogP contribution in [0.3, 0.4) is 0 Å². The minimum atomic E-state index is -0.582. The Morgan fingerprint density at radius 3 is 2.51 bits per heavy atom. The Hall–Kier alpha value is -4.07. The third-order valence-corrected chi connectivity index (χ3v) is 5.55. The number of alkyl carbamates (subject to hydrolysis) is 1. The lowest BCUT2D eigenvalue weighted by Gasteiger charge is -2.25. The molecule has 1 amide bonds. The van der Waals surface area contributed by atoms with E-state index < -0.39 is 17.5 Å². The molecule has 194 valence electrons. The van der Waals surface area contributed by atoms with Crippen molar-refractivity contribution in [2.45, 2.75) is 59.0 Å². The van der Waals surface area contributed by atoms with Crippen LogP contribution in [0.1, 0.15) is 40.2 Å². The van der Waals surface area contributed by atoms with Gasteiger partial charge in [-0.25, -0.2) is 14.2 Å². The van der Waals surface area contributed by atoms with E-state index in [2.05, 4.69) is 10.3 Å². The quantitative estimate of drug-likeness (QED) is 0.280. The fourth-order valence-electron chi connectivity index (χ4n) is 3.52. The van der Waals surface area contributed by atoms with Gasteiger partial charge in [-0.1, -0.05) is 30.3 Å². The van der Waals surface area contributed by atoms with Crippen LogP contribution in [-0.4, -0.2) is 28.8 Å². The van der Waals surface area contributed by atoms with E-state index >= 15 is 0 Å². The number of oxazole rings is 1. The fraction of sp³-hybridized carbons (Fsp3) is 0.310. The third-order valence-electron chi connectivity index (χ3n) is 5.55. The van der Waals surface area contributed by atoms with Crippen molar-refractivity contribution in [2.75, 3.05) is 0 Å². The fourth-order valence-corrected chi connectivity index (χ4v) is 3.52. The third kappa shape index (κ3) is 7.00. The van der Waals surface area contributed by atoms with Crippen LogP contribution >= 0.6 is 0 Å². The number of carbonyl (C=O) groups is 1. The highest BCUT2D eigenvalue weighted by Crippen LogP contribution is 2.30. The van der Waals surface area contributed by atoms with Gasteiger partial charge in [-0.3, -0.25) is 0 Å². The lowest BCUT2D eigenvalue weighted by atomic mass is 10.2. The largest absolute Gasteiger partial charge is 0.488 e. The van der Waals surface area contributed by atoms with Gasteiger partial charge in [0, 0.05) is 11.6 Å². The molecule has 0 saturated carbocycles. The van der Waals surface area contributed by atoms with E-state index in [1.165, 1.54) is 6.07 Å². The van der Waals surface area contributed by atoms with Gasteiger partial charge in [0.05, 0.1) is 6.04 Å². The van der Waals surface area contributed by atoms with Crippen LogP contribution in [0.15, 0.2) is 71.1 Å². The second kappa shape index (κ2) is 10.9. The van der Waals surface area contributed by atoms with Crippen molar-refractivity contribution in [2.24, 2.45) is 0 Å². The molecule has 4 rings (SSSR count). The summed E-state index contributed by atoms with van der Waals surface area (Å²) in [7, 11) is 0. The van der Waals surface area contributed by atoms with E-state index in [1.54, 1.807) is 51.1 Å². The number of amides is 1. The van der Waals surface area contributed by atoms with Gasteiger partial charge in [0.1, 0.15) is 29.6 Å². The highest BCUT2D eigenvalue weighted by atomic mass is 19.1. The first-order valence-corrected chi connectivity index (χ1v) is 12.1. The monoisotopic (exact) mass is 506 g/mol. The first kappa shape index (κ1) is 26.0. The standard InChI is InChI=1S/C29H31FN2O5/c1-18(31-28(33)37-29(3,4)5)19(2)35-22-12-13-24-26(16-22)36-27(32-24)21-11-14-25(23(30)15-21)34-17-20-9-7-6-8-10-20/h6-16,18-19H,17H2,1-5H3,(H,31,33)/t18-,19?/m0/s1. The number of nitrogens with one attached hydrogen (secondary N) is 1. The normalized spacial score (nSPS) is 13.1. The first-order valence-electron chi connectivity index (χ1n) is 12.1. The van der Waals surface area contributed by atoms with Crippen molar-refractivity contribution in [3.63, 3.8) is 0 Å². The van der Waals surface area contributed by atoms with E-state index in [9.17, 15) is 9.18 Å². The molecule has 0 aliphatic heterocycles. The van der Waals surface area contributed by atoms with Crippen LogP contribution in [0, 0.1) is 5.82 Å². The van der Waals surface area contributed by atoms with Crippen LogP contribution < -0.4 is 14.8 Å². The van der Waals surface area contributed by atoms with Crippen molar-refractivity contribution in [1.82, 2.24) is 10.3 Å². The predicted octanol–water partition coefficient (Wildman–Crippen LogP) is 6.89. The summed E-state index contributed by atoms with van der Waals surface area (Å²) in [5.74, 6) is 0.493. The van der Waals surface area contributed by atoms with E-state index in [1.807, 2.05) is 44.2 Å². The lowest BCUT2D eigenvalue weighted by molar-refractivity contribution is 0.0464. The molecule has 0 fully saturated rings. The Labute approximate surface area is 215 Å². The molecule has 3 aromatic carbocycles. The van der Waals surface area contributed by atoms with Crippen molar-refractivity contribution >= 4 is 17.2 Å². The summed E-state index contributed by atoms with van der Waals surface area (Å²) in [6.07, 6.45) is -0.848. The average Bonchev–Trinajstić information content (AvgIpc) is 3.26. The van der Waals surface area contributed by atoms with Gasteiger partial charge in [-0.2, -0.15) is 0 Å². The van der Waals surface area contributed by atoms with E-state index in [0.29, 0.717) is 22.4 Å². The molecule has 0 radical (unpaired) electrons. The van der Waals surface area contributed by atoms with Crippen molar-refractivity contribution in [1.29, 1.82) is 0 Å². The smallest absolute Gasteiger partial charge is 0.407 e. The average molecular weight is 507 g/mol. The molecular formula is C29H31FN2O5. The summed E-state index contributed by atoms with van der Waals surface area (Å²) in [4.78, 5) is 16.5. The Morgan fingerprint density at radius 2 is 1.81 bits per heavy atom. The molecule has 0 aliphatic rings. The summed E-state index contributed by atoms with van der Waals surface area (Å²) < 4.78 is 37.5. The van der Waals surface area contributed by atoms with Crippen LogP contribution in [-0.2, 0) is 11.3 Å². The molecule has 37 heavy (non-hydrogen) atoms. The second-order valence-corrected chi connectivity index (χ2v) is 9.83. The van der Waals surface area contributed by atoms with Gasteiger partial charge in [-0.15, -0.1) is 0 Å². The van der Waals surface area contributed by atoms with Crippen LogP contribution in [0.25, 0.3) is 22.6 Å². The van der Waals surface area contributed by atoms with Gasteiger partial charge in [0.15, 0.2) is 17.1 Å². The number of aromatic nitrogens is 1. The number of carbonyl (C=O) groups excluding carboxylic acids is 1. The van der Waals surface area contributed by atoms with E-state index in [-0.39, 0.29) is 30.4 Å². The van der Waals surface area contributed by atoms with Gasteiger partial charge in [0.25, 0.3) is 0 Å². The molecule has 4 aromatic rings. The number of hydrogen-bond acceptors (Lipinski definition) is 6. The number of ether oxygens (including phenoxy) is 3. The maximum atomic E-state index is 14.7. The number of hydrogen-bond donors (Lipinski definition) is 1. The van der Waals surface area contributed by atoms with Gasteiger partial charge in [0.2, 0.25) is 5.89 Å².